The van der Waals surface area contributed by atoms with Gasteiger partial charge in [-0.15, -0.1) is 11.3 Å². The summed E-state index contributed by atoms with van der Waals surface area (Å²) in [6.45, 7) is 0.386. The van der Waals surface area contributed by atoms with Crippen molar-refractivity contribution < 1.29 is 23.8 Å². The van der Waals surface area contributed by atoms with E-state index in [1.54, 1.807) is 30.2 Å². The average Bonchev–Trinajstić information content (AvgIpc) is 3.21. The largest absolute Gasteiger partial charge is 0.481 e. The molecule has 1 N–H and O–H groups in total. The number of amides is 1. The van der Waals surface area contributed by atoms with Crippen LogP contribution >= 0.6 is 11.3 Å². The molecule has 0 radical (unpaired) electrons. The van der Waals surface area contributed by atoms with Crippen LogP contribution in [0.4, 0.5) is 4.39 Å². The second kappa shape index (κ2) is 7.33. The predicted molar refractivity (Wildman–Crippen MR) is 92.2 cm³/mol. The van der Waals surface area contributed by atoms with Gasteiger partial charge in [-0.1, -0.05) is 12.1 Å². The number of ether oxygens (including phenoxy) is 1. The second-order valence-corrected chi connectivity index (χ2v) is 7.06. The van der Waals surface area contributed by atoms with Crippen LogP contribution in [0.15, 0.2) is 36.4 Å². The molecule has 0 saturated carbocycles. The number of halogens is 1. The van der Waals surface area contributed by atoms with Crippen LogP contribution in [0.1, 0.15) is 22.5 Å². The Hall–Kier alpha value is -2.25. The van der Waals surface area contributed by atoms with E-state index in [2.05, 4.69) is 0 Å². The minimum absolute atomic E-state index is 0.0954. The summed E-state index contributed by atoms with van der Waals surface area (Å²) in [6, 6.07) is 9.27. The van der Waals surface area contributed by atoms with E-state index in [1.165, 1.54) is 23.5 Å². The molecule has 1 aromatic carbocycles. The molecule has 1 saturated heterocycles. The van der Waals surface area contributed by atoms with Crippen LogP contribution in [0.2, 0.25) is 0 Å². The van der Waals surface area contributed by atoms with Gasteiger partial charge in [0.05, 0.1) is 17.4 Å². The highest BCUT2D eigenvalue weighted by Gasteiger charge is 2.37. The van der Waals surface area contributed by atoms with Crippen molar-refractivity contribution in [3.63, 3.8) is 0 Å². The lowest BCUT2D eigenvalue weighted by atomic mass is 10.1. The number of carboxylic acids is 1. The van der Waals surface area contributed by atoms with Gasteiger partial charge in [0.15, 0.2) is 0 Å². The lowest BCUT2D eigenvalue weighted by molar-refractivity contribution is -0.137. The minimum Gasteiger partial charge on any atom is -0.481 e. The van der Waals surface area contributed by atoms with Gasteiger partial charge >= 0.3 is 5.97 Å². The first-order valence-corrected chi connectivity index (χ1v) is 8.71. The molecule has 25 heavy (non-hydrogen) atoms. The van der Waals surface area contributed by atoms with Crippen LogP contribution in [-0.4, -0.2) is 47.7 Å². The van der Waals surface area contributed by atoms with Crippen molar-refractivity contribution in [2.75, 3.05) is 13.7 Å². The minimum atomic E-state index is -0.933. The highest BCUT2D eigenvalue weighted by molar-refractivity contribution is 7.17. The van der Waals surface area contributed by atoms with E-state index in [4.69, 9.17) is 9.84 Å². The first-order chi connectivity index (χ1) is 12.0. The number of benzene rings is 1. The number of hydrogen-bond donors (Lipinski definition) is 1. The molecule has 1 amide bonds. The molecule has 3 rings (SSSR count). The average molecular weight is 363 g/mol. The zero-order valence-corrected chi connectivity index (χ0v) is 14.5. The lowest BCUT2D eigenvalue weighted by Crippen LogP contribution is -2.36. The predicted octanol–water partition coefficient (Wildman–Crippen LogP) is 3.26. The molecule has 1 aromatic heterocycles. The standard InChI is InChI=1S/C18H18FNO4S/c1-24-14-8-13(9-17(21)22)20(10-14)18(23)16-7-6-15(25-16)11-2-4-12(19)5-3-11/h2-7,13-14H,8-10H2,1H3,(H,21,22). The lowest BCUT2D eigenvalue weighted by Gasteiger charge is -2.22. The van der Waals surface area contributed by atoms with Gasteiger partial charge in [-0.05, 0) is 36.2 Å². The number of nitrogens with zero attached hydrogens (tertiary/aromatic N) is 1. The third-order valence-electron chi connectivity index (χ3n) is 4.33. The fourth-order valence-electron chi connectivity index (χ4n) is 3.05. The molecule has 1 aliphatic rings. The van der Waals surface area contributed by atoms with E-state index in [1.807, 2.05) is 6.07 Å². The van der Waals surface area contributed by atoms with Crippen LogP contribution < -0.4 is 0 Å². The van der Waals surface area contributed by atoms with E-state index >= 15 is 0 Å². The number of thiophene rings is 1. The van der Waals surface area contributed by atoms with E-state index in [0.717, 1.165) is 10.4 Å². The normalized spacial score (nSPS) is 20.0. The Morgan fingerprint density at radius 3 is 2.64 bits per heavy atom. The summed E-state index contributed by atoms with van der Waals surface area (Å²) in [5.41, 5.74) is 0.837. The van der Waals surface area contributed by atoms with Gasteiger partial charge in [0.1, 0.15) is 5.82 Å². The fraction of sp³-hybridized carbons (Fsp3) is 0.333. The number of likely N-dealkylation sites (tertiary alicyclic amines) is 1. The maximum absolute atomic E-state index is 13.0. The second-order valence-electron chi connectivity index (χ2n) is 5.97. The van der Waals surface area contributed by atoms with Crippen LogP contribution in [0.5, 0.6) is 0 Å². The molecule has 1 aliphatic heterocycles. The van der Waals surface area contributed by atoms with Crippen molar-refractivity contribution in [1.29, 1.82) is 0 Å². The molecule has 7 heteroatoms. The molecule has 1 fully saturated rings. The highest BCUT2D eigenvalue weighted by Crippen LogP contribution is 2.31. The Kier molecular flexibility index (Phi) is 5.15. The van der Waals surface area contributed by atoms with Crippen molar-refractivity contribution >= 4 is 23.2 Å². The summed E-state index contributed by atoms with van der Waals surface area (Å²) in [4.78, 5) is 26.9. The smallest absolute Gasteiger partial charge is 0.305 e. The van der Waals surface area contributed by atoms with E-state index in [0.29, 0.717) is 17.8 Å². The Bertz CT molecular complexity index is 774. The van der Waals surface area contributed by atoms with Gasteiger partial charge in [-0.25, -0.2) is 4.39 Å². The Morgan fingerprint density at radius 2 is 2.00 bits per heavy atom. The third kappa shape index (κ3) is 3.88. The van der Waals surface area contributed by atoms with E-state index in [-0.39, 0.29) is 30.3 Å². The summed E-state index contributed by atoms with van der Waals surface area (Å²) in [5.74, 6) is -1.43. The first kappa shape index (κ1) is 17.6. The van der Waals surface area contributed by atoms with Crippen molar-refractivity contribution in [2.45, 2.75) is 25.0 Å². The number of carboxylic acid groups (broad SMARTS) is 1. The fourth-order valence-corrected chi connectivity index (χ4v) is 4.02. The molecule has 2 aromatic rings. The Morgan fingerprint density at radius 1 is 1.28 bits per heavy atom. The molecule has 5 nitrogen and oxygen atoms in total. The number of carbonyl (C=O) groups excluding carboxylic acids is 1. The summed E-state index contributed by atoms with van der Waals surface area (Å²) >= 11 is 1.31. The summed E-state index contributed by atoms with van der Waals surface area (Å²) in [5, 5.41) is 9.07. The van der Waals surface area contributed by atoms with Gasteiger partial charge < -0.3 is 14.7 Å². The number of rotatable bonds is 5. The van der Waals surface area contributed by atoms with Crippen molar-refractivity contribution in [2.24, 2.45) is 0 Å². The molecule has 2 atom stereocenters. The topological polar surface area (TPSA) is 66.8 Å². The van der Waals surface area contributed by atoms with Crippen molar-refractivity contribution in [1.82, 2.24) is 4.90 Å². The van der Waals surface area contributed by atoms with Crippen LogP contribution in [0.25, 0.3) is 10.4 Å². The Labute approximate surface area is 148 Å². The van der Waals surface area contributed by atoms with Crippen LogP contribution in [0, 0.1) is 5.82 Å². The summed E-state index contributed by atoms with van der Waals surface area (Å²) in [7, 11) is 1.56. The molecule has 2 heterocycles. The van der Waals surface area contributed by atoms with Crippen molar-refractivity contribution in [3.05, 3.63) is 47.1 Å². The molecule has 2 unspecified atom stereocenters. The van der Waals surface area contributed by atoms with Gasteiger partial charge in [0.2, 0.25) is 0 Å². The Balaban J connectivity index is 1.80. The molecule has 132 valence electrons. The maximum Gasteiger partial charge on any atom is 0.305 e. The SMILES string of the molecule is COC1CC(CC(=O)O)N(C(=O)c2ccc(-c3ccc(F)cc3)s2)C1. The highest BCUT2D eigenvalue weighted by atomic mass is 32.1. The van der Waals surface area contributed by atoms with Gasteiger partial charge in [-0.2, -0.15) is 0 Å². The zero-order valence-electron chi connectivity index (χ0n) is 13.6. The number of aliphatic carboxylic acids is 1. The number of carbonyl (C=O) groups is 2. The summed E-state index contributed by atoms with van der Waals surface area (Å²) < 4.78 is 18.3. The van der Waals surface area contributed by atoms with Crippen LogP contribution in [-0.2, 0) is 9.53 Å². The van der Waals surface area contributed by atoms with E-state index in [9.17, 15) is 14.0 Å². The number of methoxy groups -OCH3 is 1. The van der Waals surface area contributed by atoms with E-state index < -0.39 is 5.97 Å². The molecular weight excluding hydrogens is 345 g/mol. The van der Waals surface area contributed by atoms with Gasteiger partial charge in [0.25, 0.3) is 5.91 Å². The quantitative estimate of drug-likeness (QED) is 0.885. The molecule has 0 bridgehead atoms. The number of hydrogen-bond acceptors (Lipinski definition) is 4. The maximum atomic E-state index is 13.0. The monoisotopic (exact) mass is 363 g/mol. The zero-order chi connectivity index (χ0) is 18.0. The van der Waals surface area contributed by atoms with Gasteiger partial charge in [-0.3, -0.25) is 9.59 Å². The molecular formula is C18H18FNO4S. The third-order valence-corrected chi connectivity index (χ3v) is 5.45. The van der Waals surface area contributed by atoms with Crippen molar-refractivity contribution in [3.8, 4) is 10.4 Å². The van der Waals surface area contributed by atoms with Gasteiger partial charge in [0, 0.05) is 24.6 Å². The summed E-state index contributed by atoms with van der Waals surface area (Å²) in [6.07, 6.45) is 0.275. The van der Waals surface area contributed by atoms with Crippen LogP contribution in [0.3, 0.4) is 0 Å². The molecule has 0 spiro atoms. The first-order valence-electron chi connectivity index (χ1n) is 7.89. The molecule has 0 aliphatic carbocycles.